The summed E-state index contributed by atoms with van der Waals surface area (Å²) in [5, 5.41) is 9.73. The molecule has 0 bridgehead atoms. The molecule has 0 radical (unpaired) electrons. The van der Waals surface area contributed by atoms with Gasteiger partial charge in [-0.2, -0.15) is 0 Å². The van der Waals surface area contributed by atoms with Crippen molar-refractivity contribution in [2.45, 2.75) is 6.04 Å². The van der Waals surface area contributed by atoms with Crippen molar-refractivity contribution < 1.29 is 4.79 Å². The number of anilines is 4. The van der Waals surface area contributed by atoms with E-state index in [2.05, 4.69) is 57.1 Å². The van der Waals surface area contributed by atoms with Crippen LogP contribution in [0.25, 0.3) is 6.08 Å². The van der Waals surface area contributed by atoms with Crippen LogP contribution in [0.2, 0.25) is 0 Å². The number of pyridine rings is 1. The van der Waals surface area contributed by atoms with Crippen LogP contribution in [0.3, 0.4) is 0 Å². The zero-order chi connectivity index (χ0) is 20.9. The summed E-state index contributed by atoms with van der Waals surface area (Å²) in [6, 6.07) is 9.89. The summed E-state index contributed by atoms with van der Waals surface area (Å²) >= 11 is 0. The average molecular weight is 408 g/mol. The van der Waals surface area contributed by atoms with Crippen LogP contribution in [-0.4, -0.2) is 62.5 Å². The summed E-state index contributed by atoms with van der Waals surface area (Å²) in [6.45, 7) is 5.37. The maximum Gasteiger partial charge on any atom is 0.146 e. The van der Waals surface area contributed by atoms with Gasteiger partial charge in [-0.1, -0.05) is 0 Å². The number of hydrogen-bond acceptors (Lipinski definition) is 8. The third-order valence-electron chi connectivity index (χ3n) is 5.53. The monoisotopic (exact) mass is 407 g/mol. The number of fused-ring (bicyclic) bond motifs is 1. The molecule has 158 valence electrons. The Morgan fingerprint density at radius 3 is 2.70 bits per heavy atom. The molecule has 1 aromatic carbocycles. The van der Waals surface area contributed by atoms with Crippen molar-refractivity contribution in [2.24, 2.45) is 5.73 Å². The van der Waals surface area contributed by atoms with Crippen LogP contribution in [0.1, 0.15) is 17.2 Å². The van der Waals surface area contributed by atoms with Gasteiger partial charge in [0, 0.05) is 56.2 Å². The van der Waals surface area contributed by atoms with Crippen LogP contribution in [0.15, 0.2) is 36.5 Å². The lowest BCUT2D eigenvalue weighted by Gasteiger charge is -2.34. The molecule has 1 fully saturated rings. The molecule has 4 rings (SSSR count). The Kier molecular flexibility index (Phi) is 6.15. The van der Waals surface area contributed by atoms with Crippen LogP contribution in [0.4, 0.5) is 23.0 Å². The zero-order valence-corrected chi connectivity index (χ0v) is 17.3. The van der Waals surface area contributed by atoms with E-state index in [0.29, 0.717) is 18.9 Å². The third-order valence-corrected chi connectivity index (χ3v) is 5.53. The second kappa shape index (κ2) is 9.15. The lowest BCUT2D eigenvalue weighted by molar-refractivity contribution is -0.109. The van der Waals surface area contributed by atoms with Gasteiger partial charge in [0.15, 0.2) is 0 Å². The number of carbonyl (C=O) groups excluding carboxylic acids is 1. The molecule has 8 heteroatoms. The highest BCUT2D eigenvalue weighted by molar-refractivity contribution is 5.78. The van der Waals surface area contributed by atoms with Gasteiger partial charge in [-0.25, -0.2) is 4.98 Å². The van der Waals surface area contributed by atoms with Gasteiger partial charge in [-0.3, -0.25) is 0 Å². The van der Waals surface area contributed by atoms with E-state index in [1.54, 1.807) is 6.20 Å². The Balaban J connectivity index is 1.58. The number of hydrogen-bond donors (Lipinski definition) is 4. The summed E-state index contributed by atoms with van der Waals surface area (Å²) < 4.78 is 0. The second-order valence-electron chi connectivity index (χ2n) is 7.65. The SMILES string of the molecule is CN1CCN(c2ccc(Nc3nc(NCCN)cc4c3C(C=O)NC=C4)cc2)CC1. The van der Waals surface area contributed by atoms with Gasteiger partial charge >= 0.3 is 0 Å². The quantitative estimate of drug-likeness (QED) is 0.516. The van der Waals surface area contributed by atoms with E-state index in [4.69, 9.17) is 10.7 Å². The number of nitrogens with one attached hydrogen (secondary N) is 3. The number of rotatable bonds is 7. The minimum absolute atomic E-state index is 0.437. The summed E-state index contributed by atoms with van der Waals surface area (Å²) in [5.41, 5.74) is 9.57. The van der Waals surface area contributed by atoms with Crippen molar-refractivity contribution in [3.8, 4) is 0 Å². The molecule has 0 saturated carbocycles. The molecular formula is C22H29N7O. The van der Waals surface area contributed by atoms with E-state index < -0.39 is 6.04 Å². The molecule has 5 N–H and O–H groups in total. The van der Waals surface area contributed by atoms with E-state index in [9.17, 15) is 4.79 Å². The van der Waals surface area contributed by atoms with Crippen LogP contribution in [-0.2, 0) is 4.79 Å². The Morgan fingerprint density at radius 1 is 1.23 bits per heavy atom. The van der Waals surface area contributed by atoms with Gasteiger partial charge in [0.05, 0.1) is 0 Å². The minimum atomic E-state index is -0.437. The molecule has 8 nitrogen and oxygen atoms in total. The van der Waals surface area contributed by atoms with Crippen molar-refractivity contribution in [3.63, 3.8) is 0 Å². The summed E-state index contributed by atoms with van der Waals surface area (Å²) in [7, 11) is 2.16. The number of aromatic nitrogens is 1. The van der Waals surface area contributed by atoms with Crippen LogP contribution < -0.4 is 26.6 Å². The Bertz CT molecular complexity index is 904. The van der Waals surface area contributed by atoms with E-state index >= 15 is 0 Å². The Labute approximate surface area is 177 Å². The summed E-state index contributed by atoms with van der Waals surface area (Å²) in [6.07, 6.45) is 4.65. The normalized spacial score (nSPS) is 18.5. The Morgan fingerprint density at radius 2 is 2.00 bits per heavy atom. The van der Waals surface area contributed by atoms with Crippen LogP contribution in [0, 0.1) is 0 Å². The molecule has 1 unspecified atom stereocenters. The van der Waals surface area contributed by atoms with Crippen molar-refractivity contribution in [3.05, 3.63) is 47.7 Å². The number of nitrogens with two attached hydrogens (primary N) is 1. The highest BCUT2D eigenvalue weighted by Crippen LogP contribution is 2.33. The second-order valence-corrected chi connectivity index (χ2v) is 7.65. The molecule has 0 spiro atoms. The number of aldehydes is 1. The molecule has 0 amide bonds. The fourth-order valence-corrected chi connectivity index (χ4v) is 3.81. The first-order valence-electron chi connectivity index (χ1n) is 10.4. The van der Waals surface area contributed by atoms with Crippen LogP contribution >= 0.6 is 0 Å². The largest absolute Gasteiger partial charge is 0.378 e. The standard InChI is InChI=1S/C22H29N7O/c1-28-10-12-29(13-11-28)18-4-2-17(3-5-18)26-22-21-16(6-8-24-19(21)15-30)14-20(27-22)25-9-7-23/h2-6,8,14-15,19,24H,7,9-13,23H2,1H3,(H2,25,26,27). The first-order chi connectivity index (χ1) is 14.7. The maximum atomic E-state index is 11.6. The van der Waals surface area contributed by atoms with E-state index in [1.807, 2.05) is 12.1 Å². The van der Waals surface area contributed by atoms with Gasteiger partial charge in [0.1, 0.15) is 24.0 Å². The number of nitrogens with zero attached hydrogens (tertiary/aromatic N) is 3. The van der Waals surface area contributed by atoms with E-state index in [1.165, 1.54) is 5.69 Å². The topological polar surface area (TPSA) is 98.6 Å². The van der Waals surface area contributed by atoms with E-state index in [-0.39, 0.29) is 0 Å². The van der Waals surface area contributed by atoms with Gasteiger partial charge in [0.25, 0.3) is 0 Å². The first kappa shape index (κ1) is 20.2. The number of likely N-dealkylation sites (N-methyl/N-ethyl adjacent to an activating group) is 1. The third kappa shape index (κ3) is 4.39. The molecule has 2 aliphatic heterocycles. The molecule has 2 aromatic rings. The van der Waals surface area contributed by atoms with E-state index in [0.717, 1.165) is 55.1 Å². The maximum absolute atomic E-state index is 11.6. The minimum Gasteiger partial charge on any atom is -0.378 e. The number of piperazine rings is 1. The van der Waals surface area contributed by atoms with Crippen molar-refractivity contribution in [1.29, 1.82) is 0 Å². The highest BCUT2D eigenvalue weighted by atomic mass is 16.1. The molecular weight excluding hydrogens is 378 g/mol. The first-order valence-corrected chi connectivity index (χ1v) is 10.4. The zero-order valence-electron chi connectivity index (χ0n) is 17.3. The smallest absolute Gasteiger partial charge is 0.146 e. The molecule has 1 saturated heterocycles. The lowest BCUT2D eigenvalue weighted by atomic mass is 9.99. The summed E-state index contributed by atoms with van der Waals surface area (Å²) in [4.78, 5) is 21.1. The predicted molar refractivity (Wildman–Crippen MR) is 122 cm³/mol. The van der Waals surface area contributed by atoms with Gasteiger partial charge in [-0.05, 0) is 55.2 Å². The van der Waals surface area contributed by atoms with Gasteiger partial charge in [0.2, 0.25) is 0 Å². The lowest BCUT2D eigenvalue weighted by Crippen LogP contribution is -2.44. The highest BCUT2D eigenvalue weighted by Gasteiger charge is 2.22. The van der Waals surface area contributed by atoms with Gasteiger partial charge < -0.3 is 36.3 Å². The molecule has 1 aromatic heterocycles. The van der Waals surface area contributed by atoms with Crippen molar-refractivity contribution >= 4 is 35.4 Å². The van der Waals surface area contributed by atoms with Crippen molar-refractivity contribution in [1.82, 2.24) is 15.2 Å². The molecule has 30 heavy (non-hydrogen) atoms. The number of benzene rings is 1. The fraction of sp³-hybridized carbons (Fsp3) is 0.364. The molecule has 1 atom stereocenters. The summed E-state index contributed by atoms with van der Waals surface area (Å²) in [5.74, 6) is 1.39. The van der Waals surface area contributed by atoms with Crippen LogP contribution in [0.5, 0.6) is 0 Å². The Hall–Kier alpha value is -3.10. The van der Waals surface area contributed by atoms with Crippen molar-refractivity contribution in [2.75, 3.05) is 61.8 Å². The molecule has 0 aliphatic carbocycles. The molecule has 3 heterocycles. The number of carbonyl (C=O) groups is 1. The van der Waals surface area contributed by atoms with Gasteiger partial charge in [-0.15, -0.1) is 0 Å². The fourth-order valence-electron chi connectivity index (χ4n) is 3.81. The predicted octanol–water partition coefficient (Wildman–Crippen LogP) is 1.76. The molecule has 2 aliphatic rings. The average Bonchev–Trinajstić information content (AvgIpc) is 2.78.